The molecule has 0 aliphatic heterocycles. The lowest BCUT2D eigenvalue weighted by molar-refractivity contribution is 0.0528. The van der Waals surface area contributed by atoms with Gasteiger partial charge >= 0.3 is 5.97 Å². The first-order chi connectivity index (χ1) is 17.0. The van der Waals surface area contributed by atoms with E-state index in [9.17, 15) is 14.3 Å². The Morgan fingerprint density at radius 1 is 1.23 bits per heavy atom. The van der Waals surface area contributed by atoms with Crippen molar-refractivity contribution in [3.8, 4) is 5.88 Å². The number of rotatable bonds is 9. The van der Waals surface area contributed by atoms with E-state index in [1.807, 2.05) is 6.07 Å². The number of methoxy groups -OCH3 is 1. The van der Waals surface area contributed by atoms with E-state index in [-0.39, 0.29) is 36.1 Å². The number of fused-ring (bicyclic) bond motifs is 1. The van der Waals surface area contributed by atoms with Crippen LogP contribution in [0.3, 0.4) is 0 Å². The average Bonchev–Trinajstić information content (AvgIpc) is 3.27. The second-order valence-electron chi connectivity index (χ2n) is 7.52. The molecule has 0 bridgehead atoms. The summed E-state index contributed by atoms with van der Waals surface area (Å²) in [5.41, 5.74) is 1.10. The predicted octanol–water partition coefficient (Wildman–Crippen LogP) is 3.33. The van der Waals surface area contributed by atoms with E-state index in [4.69, 9.17) is 9.47 Å². The van der Waals surface area contributed by atoms with E-state index in [1.54, 1.807) is 31.2 Å². The van der Waals surface area contributed by atoms with E-state index in [1.165, 1.54) is 24.3 Å². The molecule has 35 heavy (non-hydrogen) atoms. The molecule has 4 rings (SSSR count). The topological polar surface area (TPSA) is 102 Å². The van der Waals surface area contributed by atoms with Crippen LogP contribution in [0.5, 0.6) is 5.88 Å². The van der Waals surface area contributed by atoms with Gasteiger partial charge in [0.15, 0.2) is 17.3 Å². The largest absolute Gasteiger partial charge is 0.481 e. The summed E-state index contributed by atoms with van der Waals surface area (Å²) in [4.78, 5) is 22.2. The molecule has 0 unspecified atom stereocenters. The van der Waals surface area contributed by atoms with Crippen molar-refractivity contribution in [2.75, 3.05) is 25.2 Å². The van der Waals surface area contributed by atoms with Gasteiger partial charge in [0, 0.05) is 5.56 Å². The van der Waals surface area contributed by atoms with Crippen LogP contribution in [0.2, 0.25) is 0 Å². The Morgan fingerprint density at radius 3 is 2.69 bits per heavy atom. The second kappa shape index (κ2) is 10.4. The van der Waals surface area contributed by atoms with Crippen LogP contribution in [0.15, 0.2) is 55.0 Å². The van der Waals surface area contributed by atoms with E-state index in [0.29, 0.717) is 11.1 Å². The highest BCUT2D eigenvalue weighted by Gasteiger charge is 2.28. The predicted molar refractivity (Wildman–Crippen MR) is 122 cm³/mol. The highest BCUT2D eigenvalue weighted by Crippen LogP contribution is 2.32. The lowest BCUT2D eigenvalue weighted by Gasteiger charge is -2.32. The molecule has 0 saturated carbocycles. The normalized spacial score (nSPS) is 11.9. The van der Waals surface area contributed by atoms with Crippen LogP contribution < -0.4 is 9.64 Å². The number of anilines is 1. The smallest absolute Gasteiger partial charge is 0.343 e. The molecule has 9 nitrogen and oxygen atoms in total. The highest BCUT2D eigenvalue weighted by atomic mass is 19.1. The number of esters is 1. The van der Waals surface area contributed by atoms with Gasteiger partial charge in [-0.05, 0) is 18.6 Å². The van der Waals surface area contributed by atoms with Crippen molar-refractivity contribution in [2.24, 2.45) is 0 Å². The molecule has 182 valence electrons. The summed E-state index contributed by atoms with van der Waals surface area (Å²) in [5.74, 6) is -2.08. The van der Waals surface area contributed by atoms with Crippen molar-refractivity contribution in [2.45, 2.75) is 19.5 Å². The number of benzene rings is 1. The first kappa shape index (κ1) is 24.0. The molecule has 0 amide bonds. The molecule has 0 aliphatic rings. The van der Waals surface area contributed by atoms with Gasteiger partial charge in [0.25, 0.3) is 0 Å². The minimum absolute atomic E-state index is 0.0540. The number of ether oxygens (including phenoxy) is 2. The number of aromatic nitrogens is 4. The molecule has 0 aliphatic carbocycles. The van der Waals surface area contributed by atoms with Crippen LogP contribution in [0.1, 0.15) is 34.5 Å². The minimum atomic E-state index is -0.775. The SMILES string of the molecule is CCOC(=O)c1cnn2cc(F)c(N(Cc3cc(F)cnc3OC)[C@@H](CO)c3ccccc3)nc12. The second-order valence-corrected chi connectivity index (χ2v) is 7.52. The number of hydrogen-bond donors (Lipinski definition) is 1. The Bertz CT molecular complexity index is 1330. The van der Waals surface area contributed by atoms with Gasteiger partial charge in [-0.2, -0.15) is 5.10 Å². The summed E-state index contributed by atoms with van der Waals surface area (Å²) in [5, 5.41) is 14.3. The Morgan fingerprint density at radius 2 is 2.00 bits per heavy atom. The lowest BCUT2D eigenvalue weighted by atomic mass is 10.0. The Balaban J connectivity index is 1.89. The number of aliphatic hydroxyl groups is 1. The third-order valence-corrected chi connectivity index (χ3v) is 5.36. The molecule has 3 aromatic heterocycles. The summed E-state index contributed by atoms with van der Waals surface area (Å²) in [6.07, 6.45) is 3.33. The standard InChI is InChI=1S/C24H23F2N5O4/c1-3-35-24(33)18-11-28-31-13-19(26)22(29-21(18)31)30(20(14-32)15-7-5-4-6-8-15)12-16-9-17(25)10-27-23(16)34-2/h4-11,13,20,32H,3,12,14H2,1-2H3/t20-/m0/s1. The number of pyridine rings is 1. The summed E-state index contributed by atoms with van der Waals surface area (Å²) in [7, 11) is 1.39. The zero-order valence-electron chi connectivity index (χ0n) is 19.1. The quantitative estimate of drug-likeness (QED) is 0.362. The zero-order valence-corrected chi connectivity index (χ0v) is 19.1. The Labute approximate surface area is 199 Å². The first-order valence-corrected chi connectivity index (χ1v) is 10.8. The molecule has 1 atom stereocenters. The van der Waals surface area contributed by atoms with Gasteiger partial charge in [0.05, 0.1) is 51.5 Å². The fourth-order valence-corrected chi connectivity index (χ4v) is 3.78. The summed E-state index contributed by atoms with van der Waals surface area (Å²) >= 11 is 0. The third kappa shape index (κ3) is 4.90. The third-order valence-electron chi connectivity index (χ3n) is 5.36. The van der Waals surface area contributed by atoms with Crippen molar-refractivity contribution >= 4 is 17.4 Å². The van der Waals surface area contributed by atoms with Crippen LogP contribution in [0.25, 0.3) is 5.65 Å². The van der Waals surface area contributed by atoms with Gasteiger partial charge in [0.2, 0.25) is 5.88 Å². The van der Waals surface area contributed by atoms with Gasteiger partial charge in [0.1, 0.15) is 11.4 Å². The molecule has 1 N–H and O–H groups in total. The zero-order chi connectivity index (χ0) is 24.9. The van der Waals surface area contributed by atoms with E-state index in [0.717, 1.165) is 16.9 Å². The molecule has 0 radical (unpaired) electrons. The number of hydrogen-bond acceptors (Lipinski definition) is 8. The van der Waals surface area contributed by atoms with Crippen molar-refractivity contribution in [1.82, 2.24) is 19.6 Å². The molecular formula is C24H23F2N5O4. The Kier molecular flexibility index (Phi) is 7.16. The Hall–Kier alpha value is -4.12. The number of aliphatic hydroxyl groups excluding tert-OH is 1. The van der Waals surface area contributed by atoms with Crippen LogP contribution in [-0.4, -0.2) is 51.0 Å². The average molecular weight is 483 g/mol. The van der Waals surface area contributed by atoms with E-state index in [2.05, 4.69) is 15.1 Å². The molecule has 0 fully saturated rings. The monoisotopic (exact) mass is 483 g/mol. The first-order valence-electron chi connectivity index (χ1n) is 10.8. The molecule has 0 saturated heterocycles. The van der Waals surface area contributed by atoms with Gasteiger partial charge in [-0.3, -0.25) is 0 Å². The van der Waals surface area contributed by atoms with Gasteiger partial charge in [-0.25, -0.2) is 28.1 Å². The molecule has 3 heterocycles. The highest BCUT2D eigenvalue weighted by molar-refractivity contribution is 5.95. The fourth-order valence-electron chi connectivity index (χ4n) is 3.78. The van der Waals surface area contributed by atoms with E-state index >= 15 is 4.39 Å². The number of carbonyl (C=O) groups excluding carboxylic acids is 1. The van der Waals surface area contributed by atoms with Crippen molar-refractivity contribution in [3.63, 3.8) is 0 Å². The van der Waals surface area contributed by atoms with Gasteiger partial charge in [-0.15, -0.1) is 0 Å². The number of halogens is 2. The maximum atomic E-state index is 15.4. The molecule has 4 aromatic rings. The van der Waals surface area contributed by atoms with Crippen LogP contribution in [0.4, 0.5) is 14.6 Å². The van der Waals surface area contributed by atoms with E-state index < -0.39 is 30.3 Å². The summed E-state index contributed by atoms with van der Waals surface area (Å²) in [6.45, 7) is 1.28. The molecular weight excluding hydrogens is 460 g/mol. The maximum Gasteiger partial charge on any atom is 0.343 e. The molecule has 11 heteroatoms. The summed E-state index contributed by atoms with van der Waals surface area (Å²) in [6, 6.07) is 9.36. The minimum Gasteiger partial charge on any atom is -0.481 e. The van der Waals surface area contributed by atoms with Gasteiger partial charge in [-0.1, -0.05) is 30.3 Å². The van der Waals surface area contributed by atoms with Crippen molar-refractivity contribution < 1.29 is 28.2 Å². The molecule has 1 aromatic carbocycles. The van der Waals surface area contributed by atoms with Gasteiger partial charge < -0.3 is 19.5 Å². The number of nitrogens with zero attached hydrogens (tertiary/aromatic N) is 5. The molecule has 0 spiro atoms. The maximum absolute atomic E-state index is 15.4. The van der Waals surface area contributed by atoms with Crippen molar-refractivity contribution in [3.05, 3.63) is 83.3 Å². The van der Waals surface area contributed by atoms with Crippen LogP contribution >= 0.6 is 0 Å². The van der Waals surface area contributed by atoms with Crippen LogP contribution in [0, 0.1) is 11.6 Å². The lowest BCUT2D eigenvalue weighted by Crippen LogP contribution is -2.33. The van der Waals surface area contributed by atoms with Crippen molar-refractivity contribution in [1.29, 1.82) is 0 Å². The fraction of sp³-hybridized carbons (Fsp3) is 0.250. The number of carbonyl (C=O) groups is 1. The summed E-state index contributed by atoms with van der Waals surface area (Å²) < 4.78 is 40.9. The van der Waals surface area contributed by atoms with Crippen LogP contribution in [-0.2, 0) is 11.3 Å².